The lowest BCUT2D eigenvalue weighted by atomic mass is 9.78. The van der Waals surface area contributed by atoms with E-state index in [2.05, 4.69) is 22.1 Å². The van der Waals surface area contributed by atoms with Crippen molar-refractivity contribution in [3.63, 3.8) is 0 Å². The van der Waals surface area contributed by atoms with Gasteiger partial charge in [-0.3, -0.25) is 9.69 Å². The zero-order chi connectivity index (χ0) is 17.3. The van der Waals surface area contributed by atoms with Crippen LogP contribution in [0.3, 0.4) is 0 Å². The molecule has 3 fully saturated rings. The van der Waals surface area contributed by atoms with Crippen molar-refractivity contribution in [3.05, 3.63) is 16.1 Å². The first kappa shape index (κ1) is 17.4. The number of ether oxygens (including phenoxy) is 1. The van der Waals surface area contributed by atoms with E-state index >= 15 is 0 Å². The molecule has 0 aromatic carbocycles. The normalized spacial score (nSPS) is 26.7. The summed E-state index contributed by atoms with van der Waals surface area (Å²) >= 11 is 1.76. The van der Waals surface area contributed by atoms with E-state index in [1.807, 2.05) is 5.51 Å². The van der Waals surface area contributed by atoms with Crippen molar-refractivity contribution >= 4 is 17.2 Å². The molecule has 1 saturated carbocycles. The number of hydrogen-bond donors (Lipinski definition) is 1. The number of hydrogen-bond acceptors (Lipinski definition) is 5. The van der Waals surface area contributed by atoms with Gasteiger partial charge in [0, 0.05) is 43.6 Å². The maximum atomic E-state index is 12.1. The summed E-state index contributed by atoms with van der Waals surface area (Å²) < 4.78 is 6.25. The largest absolute Gasteiger partial charge is 0.375 e. The molecule has 4 rings (SSSR count). The molecule has 1 aromatic rings. The second-order valence-corrected chi connectivity index (χ2v) is 9.01. The monoisotopic (exact) mass is 363 g/mol. The smallest absolute Gasteiger partial charge is 0.220 e. The summed E-state index contributed by atoms with van der Waals surface area (Å²) in [5, 5.41) is 3.14. The zero-order valence-electron chi connectivity index (χ0n) is 15.1. The molecule has 0 bridgehead atoms. The number of carbonyl (C=O) groups is 1. The van der Waals surface area contributed by atoms with Gasteiger partial charge in [0.2, 0.25) is 5.91 Å². The minimum Gasteiger partial charge on any atom is -0.375 e. The van der Waals surface area contributed by atoms with E-state index in [0.717, 1.165) is 51.9 Å². The Kier molecular flexibility index (Phi) is 5.11. The highest BCUT2D eigenvalue weighted by atomic mass is 32.1. The van der Waals surface area contributed by atoms with Crippen LogP contribution in [0, 0.1) is 12.8 Å². The van der Waals surface area contributed by atoms with Crippen LogP contribution in [0.4, 0.5) is 0 Å². The highest BCUT2D eigenvalue weighted by Crippen LogP contribution is 2.39. The van der Waals surface area contributed by atoms with Crippen LogP contribution < -0.4 is 5.32 Å². The van der Waals surface area contributed by atoms with Crippen LogP contribution in [0.1, 0.15) is 55.5 Å². The number of nitrogens with one attached hydrogen (secondary N) is 1. The van der Waals surface area contributed by atoms with Crippen molar-refractivity contribution in [2.45, 2.75) is 70.1 Å². The van der Waals surface area contributed by atoms with Crippen molar-refractivity contribution in [1.82, 2.24) is 15.2 Å². The van der Waals surface area contributed by atoms with Crippen molar-refractivity contribution in [3.8, 4) is 0 Å². The molecule has 5 nitrogen and oxygen atoms in total. The molecule has 138 valence electrons. The van der Waals surface area contributed by atoms with Crippen molar-refractivity contribution < 1.29 is 9.53 Å². The van der Waals surface area contributed by atoms with Gasteiger partial charge in [-0.25, -0.2) is 4.98 Å². The van der Waals surface area contributed by atoms with Gasteiger partial charge in [0.15, 0.2) is 0 Å². The quantitative estimate of drug-likeness (QED) is 0.874. The summed E-state index contributed by atoms with van der Waals surface area (Å²) in [6.45, 7) is 6.09. The predicted octanol–water partition coefficient (Wildman–Crippen LogP) is 2.88. The molecule has 1 N–H and O–H groups in total. The van der Waals surface area contributed by atoms with E-state index in [-0.39, 0.29) is 11.5 Å². The molecule has 0 radical (unpaired) electrons. The van der Waals surface area contributed by atoms with E-state index in [4.69, 9.17) is 4.74 Å². The molecule has 1 atom stereocenters. The second-order valence-electron chi connectivity index (χ2n) is 8.07. The number of piperidine rings is 1. The Hall–Kier alpha value is -0.980. The summed E-state index contributed by atoms with van der Waals surface area (Å²) in [5.74, 6) is 0.741. The molecule has 3 aliphatic rings. The summed E-state index contributed by atoms with van der Waals surface area (Å²) in [6, 6.07) is 0.472. The third-order valence-electron chi connectivity index (χ3n) is 5.99. The van der Waals surface area contributed by atoms with Crippen LogP contribution in [0.25, 0.3) is 0 Å². The Labute approximate surface area is 154 Å². The van der Waals surface area contributed by atoms with Crippen molar-refractivity contribution in [1.29, 1.82) is 0 Å². The summed E-state index contributed by atoms with van der Waals surface area (Å²) in [4.78, 5) is 20.4. The minimum atomic E-state index is 0.0159. The fourth-order valence-corrected chi connectivity index (χ4v) is 5.05. The van der Waals surface area contributed by atoms with Crippen LogP contribution in [0.2, 0.25) is 0 Å². The van der Waals surface area contributed by atoms with Crippen LogP contribution in [0.5, 0.6) is 0 Å². The number of aryl methyl sites for hydroxylation is 1. The number of likely N-dealkylation sites (tertiary alicyclic amines) is 1. The van der Waals surface area contributed by atoms with Gasteiger partial charge in [0.05, 0.1) is 16.8 Å². The average molecular weight is 364 g/mol. The van der Waals surface area contributed by atoms with E-state index < -0.39 is 0 Å². The van der Waals surface area contributed by atoms with Gasteiger partial charge < -0.3 is 10.1 Å². The molecular weight excluding hydrogens is 334 g/mol. The Morgan fingerprint density at radius 2 is 2.20 bits per heavy atom. The van der Waals surface area contributed by atoms with Gasteiger partial charge in [0.1, 0.15) is 0 Å². The van der Waals surface area contributed by atoms with E-state index in [9.17, 15) is 4.79 Å². The molecule has 1 aliphatic carbocycles. The van der Waals surface area contributed by atoms with Crippen LogP contribution >= 0.6 is 11.3 Å². The maximum absolute atomic E-state index is 12.1. The standard InChI is InChI=1S/C19H29N3O2S/c1-14-17(25-13-20-14)12-22-7-5-19(6-8-22)11-15(4-9-24-19)10-18(23)21-16-2-3-16/h13,15-16H,2-12H2,1H3,(H,21,23). The van der Waals surface area contributed by atoms with Crippen LogP contribution in [-0.4, -0.2) is 47.1 Å². The summed E-state index contributed by atoms with van der Waals surface area (Å²) in [5.41, 5.74) is 3.13. The highest BCUT2D eigenvalue weighted by Gasteiger charge is 2.41. The third kappa shape index (κ3) is 4.41. The van der Waals surface area contributed by atoms with Crippen LogP contribution in [0.15, 0.2) is 5.51 Å². The Morgan fingerprint density at radius 3 is 2.88 bits per heavy atom. The predicted molar refractivity (Wildman–Crippen MR) is 98.6 cm³/mol. The maximum Gasteiger partial charge on any atom is 0.220 e. The molecule has 2 aliphatic heterocycles. The first-order chi connectivity index (χ1) is 12.1. The lowest BCUT2D eigenvalue weighted by Gasteiger charge is -2.46. The Morgan fingerprint density at radius 1 is 1.40 bits per heavy atom. The molecule has 1 amide bonds. The lowest BCUT2D eigenvalue weighted by molar-refractivity contribution is -0.136. The zero-order valence-corrected chi connectivity index (χ0v) is 15.9. The first-order valence-electron chi connectivity index (χ1n) is 9.66. The highest BCUT2D eigenvalue weighted by molar-refractivity contribution is 7.09. The van der Waals surface area contributed by atoms with Gasteiger partial charge >= 0.3 is 0 Å². The second kappa shape index (κ2) is 7.33. The molecule has 1 aromatic heterocycles. The summed E-state index contributed by atoms with van der Waals surface area (Å²) in [6.07, 6.45) is 7.28. The van der Waals surface area contributed by atoms with Gasteiger partial charge in [-0.2, -0.15) is 0 Å². The van der Waals surface area contributed by atoms with Crippen molar-refractivity contribution in [2.24, 2.45) is 5.92 Å². The Balaban J connectivity index is 1.27. The van der Waals surface area contributed by atoms with Gasteiger partial charge in [0.25, 0.3) is 0 Å². The lowest BCUT2D eigenvalue weighted by Crippen LogP contribution is -2.49. The van der Waals surface area contributed by atoms with E-state index in [1.165, 1.54) is 23.4 Å². The average Bonchev–Trinajstić information content (AvgIpc) is 3.31. The fraction of sp³-hybridized carbons (Fsp3) is 0.789. The number of thiazole rings is 1. The topological polar surface area (TPSA) is 54.5 Å². The van der Waals surface area contributed by atoms with Gasteiger partial charge in [-0.1, -0.05) is 0 Å². The van der Waals surface area contributed by atoms with Crippen molar-refractivity contribution in [2.75, 3.05) is 19.7 Å². The molecule has 2 saturated heterocycles. The van der Waals surface area contributed by atoms with E-state index in [0.29, 0.717) is 18.4 Å². The SMILES string of the molecule is Cc1ncsc1CN1CCC2(CC1)CC(CC(=O)NC1CC1)CCO2. The molecule has 3 heterocycles. The number of nitrogens with zero attached hydrogens (tertiary/aromatic N) is 2. The molecular formula is C19H29N3O2S. The number of carbonyl (C=O) groups excluding carboxylic acids is 1. The third-order valence-corrected chi connectivity index (χ3v) is 6.91. The van der Waals surface area contributed by atoms with E-state index in [1.54, 1.807) is 11.3 Å². The molecule has 6 heteroatoms. The van der Waals surface area contributed by atoms with Gasteiger partial charge in [-0.15, -0.1) is 11.3 Å². The number of rotatable bonds is 5. The molecule has 1 spiro atoms. The van der Waals surface area contributed by atoms with Gasteiger partial charge in [-0.05, 0) is 51.4 Å². The molecule has 25 heavy (non-hydrogen) atoms. The first-order valence-corrected chi connectivity index (χ1v) is 10.5. The fourth-order valence-electron chi connectivity index (χ4n) is 4.23. The molecule has 1 unspecified atom stereocenters. The van der Waals surface area contributed by atoms with Crippen LogP contribution in [-0.2, 0) is 16.1 Å². The minimum absolute atomic E-state index is 0.0159. The number of aromatic nitrogens is 1. The Bertz CT molecular complexity index is 606. The number of amides is 1. The summed E-state index contributed by atoms with van der Waals surface area (Å²) in [7, 11) is 0.